The van der Waals surface area contributed by atoms with E-state index < -0.39 is 11.9 Å². The molecule has 1 saturated heterocycles. The minimum absolute atomic E-state index is 0.0828. The van der Waals surface area contributed by atoms with Crippen LogP contribution in [0.4, 0.5) is 0 Å². The van der Waals surface area contributed by atoms with Crippen LogP contribution in [0.5, 0.6) is 0 Å². The zero-order valence-corrected chi connectivity index (χ0v) is 7.20. The highest BCUT2D eigenvalue weighted by Crippen LogP contribution is 2.18. The fourth-order valence-electron chi connectivity index (χ4n) is 1.31. The van der Waals surface area contributed by atoms with Gasteiger partial charge < -0.3 is 9.47 Å². The third-order valence-electron chi connectivity index (χ3n) is 2.00. The molecule has 0 N–H and O–H groups in total. The van der Waals surface area contributed by atoms with E-state index in [1.54, 1.807) is 6.92 Å². The van der Waals surface area contributed by atoms with Gasteiger partial charge in [-0.2, -0.15) is 0 Å². The summed E-state index contributed by atoms with van der Waals surface area (Å²) in [6, 6.07) is 0. The molecule has 4 nitrogen and oxygen atoms in total. The molecular weight excluding hydrogens is 160 g/mol. The van der Waals surface area contributed by atoms with Crippen molar-refractivity contribution in [1.82, 2.24) is 0 Å². The van der Waals surface area contributed by atoms with E-state index in [2.05, 4.69) is 4.74 Å². The van der Waals surface area contributed by atoms with Crippen LogP contribution in [0.2, 0.25) is 0 Å². The van der Waals surface area contributed by atoms with E-state index in [0.29, 0.717) is 13.0 Å². The van der Waals surface area contributed by atoms with Gasteiger partial charge in [-0.3, -0.25) is 9.59 Å². The quantitative estimate of drug-likeness (QED) is 0.417. The lowest BCUT2D eigenvalue weighted by Gasteiger charge is -2.25. The van der Waals surface area contributed by atoms with E-state index in [1.165, 1.54) is 7.11 Å². The molecular formula is C8H12O4. The maximum atomic E-state index is 11.2. The summed E-state index contributed by atoms with van der Waals surface area (Å²) in [7, 11) is 1.27. The van der Waals surface area contributed by atoms with Crippen LogP contribution in [-0.2, 0) is 19.1 Å². The van der Waals surface area contributed by atoms with Gasteiger partial charge in [-0.15, -0.1) is 0 Å². The molecule has 0 radical (unpaired) electrons. The molecule has 12 heavy (non-hydrogen) atoms. The van der Waals surface area contributed by atoms with Crippen molar-refractivity contribution in [3.05, 3.63) is 0 Å². The van der Waals surface area contributed by atoms with Crippen LogP contribution in [0.3, 0.4) is 0 Å². The van der Waals surface area contributed by atoms with Crippen LogP contribution in [0, 0.1) is 5.92 Å². The van der Waals surface area contributed by atoms with Gasteiger partial charge in [0.05, 0.1) is 19.8 Å². The standard InChI is InChI=1S/C8H12O4/c1-5-7(8(10)11-2)6(9)3-4-12-5/h5,7H,3-4H2,1-2H3/t5-,7-/m0/s1. The second-order valence-electron chi connectivity index (χ2n) is 2.79. The average molecular weight is 172 g/mol. The van der Waals surface area contributed by atoms with Gasteiger partial charge in [0.15, 0.2) is 5.78 Å². The molecule has 4 heteroatoms. The van der Waals surface area contributed by atoms with Gasteiger partial charge in [-0.25, -0.2) is 0 Å². The van der Waals surface area contributed by atoms with Crippen LogP contribution in [0.1, 0.15) is 13.3 Å². The highest BCUT2D eigenvalue weighted by molar-refractivity contribution is 6.00. The first kappa shape index (κ1) is 9.19. The van der Waals surface area contributed by atoms with Crippen LogP contribution in [0.25, 0.3) is 0 Å². The highest BCUT2D eigenvalue weighted by atomic mass is 16.5. The minimum atomic E-state index is -0.719. The predicted molar refractivity (Wildman–Crippen MR) is 40.5 cm³/mol. The van der Waals surface area contributed by atoms with Crippen molar-refractivity contribution in [2.24, 2.45) is 5.92 Å². The number of hydrogen-bond acceptors (Lipinski definition) is 4. The fraction of sp³-hybridized carbons (Fsp3) is 0.750. The summed E-state index contributed by atoms with van der Waals surface area (Å²) < 4.78 is 9.65. The number of esters is 1. The van der Waals surface area contributed by atoms with Crippen LogP contribution in [0.15, 0.2) is 0 Å². The van der Waals surface area contributed by atoms with Crippen LogP contribution in [-0.4, -0.2) is 31.6 Å². The van der Waals surface area contributed by atoms with Gasteiger partial charge in [-0.1, -0.05) is 0 Å². The molecule has 0 unspecified atom stereocenters. The van der Waals surface area contributed by atoms with Crippen molar-refractivity contribution < 1.29 is 19.1 Å². The molecule has 1 aliphatic heterocycles. The SMILES string of the molecule is COC(=O)[C@@H]1C(=O)CCO[C@H]1C. The lowest BCUT2D eigenvalue weighted by atomic mass is 9.94. The zero-order valence-electron chi connectivity index (χ0n) is 7.20. The lowest BCUT2D eigenvalue weighted by molar-refractivity contribution is -0.160. The number of carbonyl (C=O) groups is 2. The molecule has 1 heterocycles. The van der Waals surface area contributed by atoms with Crippen molar-refractivity contribution in [2.75, 3.05) is 13.7 Å². The number of ketones is 1. The van der Waals surface area contributed by atoms with E-state index in [9.17, 15) is 9.59 Å². The Balaban J connectivity index is 2.69. The average Bonchev–Trinajstić information content (AvgIpc) is 2.03. The molecule has 0 aromatic heterocycles. The predicted octanol–water partition coefficient (Wildman–Crippen LogP) is 0.153. The third kappa shape index (κ3) is 1.64. The van der Waals surface area contributed by atoms with E-state index in [4.69, 9.17) is 4.74 Å². The summed E-state index contributed by atoms with van der Waals surface area (Å²) in [6.07, 6.45) is -0.0388. The molecule has 68 valence electrons. The van der Waals surface area contributed by atoms with Crippen LogP contribution >= 0.6 is 0 Å². The topological polar surface area (TPSA) is 52.6 Å². The zero-order chi connectivity index (χ0) is 9.14. The Bertz CT molecular complexity index is 191. The molecule has 0 aliphatic carbocycles. The summed E-state index contributed by atoms with van der Waals surface area (Å²) >= 11 is 0. The van der Waals surface area contributed by atoms with Gasteiger partial charge in [0, 0.05) is 6.42 Å². The summed E-state index contributed by atoms with van der Waals surface area (Å²) in [6.45, 7) is 2.12. The number of carbonyl (C=O) groups excluding carboxylic acids is 2. The number of ether oxygens (including phenoxy) is 2. The Morgan fingerprint density at radius 2 is 2.33 bits per heavy atom. The van der Waals surface area contributed by atoms with Crippen molar-refractivity contribution >= 4 is 11.8 Å². The molecule has 0 bridgehead atoms. The Hall–Kier alpha value is -0.900. The first-order valence-electron chi connectivity index (χ1n) is 3.89. The maximum absolute atomic E-state index is 11.2. The Kier molecular flexibility index (Phi) is 2.81. The first-order chi connectivity index (χ1) is 5.66. The maximum Gasteiger partial charge on any atom is 0.318 e. The molecule has 1 fully saturated rings. The highest BCUT2D eigenvalue weighted by Gasteiger charge is 2.36. The molecule has 0 spiro atoms. The number of hydrogen-bond donors (Lipinski definition) is 0. The van der Waals surface area contributed by atoms with E-state index in [-0.39, 0.29) is 11.9 Å². The first-order valence-corrected chi connectivity index (χ1v) is 3.89. The van der Waals surface area contributed by atoms with Crippen LogP contribution < -0.4 is 0 Å². The molecule has 0 aromatic rings. The van der Waals surface area contributed by atoms with E-state index in [0.717, 1.165) is 0 Å². The second kappa shape index (κ2) is 3.67. The third-order valence-corrected chi connectivity index (χ3v) is 2.00. The number of Topliss-reactive ketones (excluding diaryl/α,β-unsaturated/α-hetero) is 1. The van der Waals surface area contributed by atoms with E-state index in [1.807, 2.05) is 0 Å². The second-order valence-corrected chi connectivity index (χ2v) is 2.79. The molecule has 0 amide bonds. The summed E-state index contributed by atoms with van der Waals surface area (Å²) in [4.78, 5) is 22.3. The Morgan fingerprint density at radius 3 is 2.83 bits per heavy atom. The monoisotopic (exact) mass is 172 g/mol. The summed E-state index contributed by atoms with van der Waals surface area (Å²) in [5, 5.41) is 0. The molecule has 0 saturated carbocycles. The molecule has 1 rings (SSSR count). The van der Waals surface area contributed by atoms with Crippen molar-refractivity contribution in [2.45, 2.75) is 19.4 Å². The van der Waals surface area contributed by atoms with Gasteiger partial charge in [0.2, 0.25) is 0 Å². The molecule has 1 aliphatic rings. The van der Waals surface area contributed by atoms with Crippen molar-refractivity contribution in [1.29, 1.82) is 0 Å². The summed E-state index contributed by atoms with van der Waals surface area (Å²) in [5.74, 6) is -1.29. The van der Waals surface area contributed by atoms with Gasteiger partial charge in [0.25, 0.3) is 0 Å². The van der Waals surface area contributed by atoms with Crippen molar-refractivity contribution in [3.8, 4) is 0 Å². The fourth-order valence-corrected chi connectivity index (χ4v) is 1.31. The molecule has 2 atom stereocenters. The number of rotatable bonds is 1. The lowest BCUT2D eigenvalue weighted by Crippen LogP contribution is -2.40. The smallest absolute Gasteiger partial charge is 0.318 e. The number of methoxy groups -OCH3 is 1. The minimum Gasteiger partial charge on any atom is -0.468 e. The normalized spacial score (nSPS) is 30.0. The van der Waals surface area contributed by atoms with Gasteiger partial charge in [-0.05, 0) is 6.92 Å². The molecule has 0 aromatic carbocycles. The summed E-state index contributed by atoms with van der Waals surface area (Å²) in [5.41, 5.74) is 0. The van der Waals surface area contributed by atoms with Gasteiger partial charge >= 0.3 is 5.97 Å². The van der Waals surface area contributed by atoms with Gasteiger partial charge in [0.1, 0.15) is 5.92 Å². The van der Waals surface area contributed by atoms with E-state index >= 15 is 0 Å². The Morgan fingerprint density at radius 1 is 1.67 bits per heavy atom. The Labute approximate surface area is 70.8 Å². The largest absolute Gasteiger partial charge is 0.468 e. The van der Waals surface area contributed by atoms with Crippen molar-refractivity contribution in [3.63, 3.8) is 0 Å².